The van der Waals surface area contributed by atoms with Crippen LogP contribution in [0.25, 0.3) is 22.3 Å². The number of hydrogen-bond acceptors (Lipinski definition) is 1. The van der Waals surface area contributed by atoms with Crippen molar-refractivity contribution >= 4 is 0 Å². The summed E-state index contributed by atoms with van der Waals surface area (Å²) in [6.45, 7) is 2.24. The fourth-order valence-electron chi connectivity index (χ4n) is 7.11. The molecule has 0 bridgehead atoms. The van der Waals surface area contributed by atoms with E-state index in [0.29, 0.717) is 35.8 Å². The lowest BCUT2D eigenvalue weighted by Crippen LogP contribution is -2.38. The molecule has 0 unspecified atom stereocenters. The zero-order valence-corrected chi connectivity index (χ0v) is 24.4. The Balaban J connectivity index is 1.13. The highest BCUT2D eigenvalue weighted by molar-refractivity contribution is 5.71. The van der Waals surface area contributed by atoms with Crippen LogP contribution in [0.5, 0.6) is 5.75 Å². The van der Waals surface area contributed by atoms with E-state index in [-0.39, 0.29) is 16.9 Å². The Morgan fingerprint density at radius 2 is 1.24 bits per heavy atom. The van der Waals surface area contributed by atoms with Gasteiger partial charge in [-0.2, -0.15) is 8.78 Å². The highest BCUT2D eigenvalue weighted by Crippen LogP contribution is 2.46. The van der Waals surface area contributed by atoms with Crippen LogP contribution < -0.4 is 4.74 Å². The third kappa shape index (κ3) is 7.36. The normalized spacial score (nSPS) is 23.1. The molecule has 42 heavy (non-hydrogen) atoms. The van der Waals surface area contributed by atoms with E-state index in [0.717, 1.165) is 30.9 Å². The van der Waals surface area contributed by atoms with Crippen LogP contribution in [0, 0.1) is 41.1 Å². The molecule has 0 aromatic heterocycles. The summed E-state index contributed by atoms with van der Waals surface area (Å²) in [6.07, 6.45) is 9.78. The van der Waals surface area contributed by atoms with Gasteiger partial charge in [-0.3, -0.25) is 0 Å². The Bertz CT molecular complexity index is 1300. The largest absolute Gasteiger partial charge is 0.432 e. The maximum Gasteiger partial charge on any atom is 0.400 e. The van der Waals surface area contributed by atoms with Crippen molar-refractivity contribution in [2.75, 3.05) is 0 Å². The molecule has 5 rings (SSSR count). The van der Waals surface area contributed by atoms with E-state index >= 15 is 8.78 Å². The van der Waals surface area contributed by atoms with Gasteiger partial charge in [0.05, 0.1) is 5.92 Å². The molecule has 3 aromatic rings. The minimum Gasteiger partial charge on any atom is -0.432 e. The fraction of sp³-hybridized carbons (Fsp3) is 0.500. The molecule has 0 spiro atoms. The van der Waals surface area contributed by atoms with Gasteiger partial charge < -0.3 is 4.74 Å². The zero-order chi connectivity index (χ0) is 29.7. The predicted octanol–water partition coefficient (Wildman–Crippen LogP) is 11.6. The van der Waals surface area contributed by atoms with Crippen LogP contribution >= 0.6 is 0 Å². The van der Waals surface area contributed by atoms with Gasteiger partial charge >= 0.3 is 6.11 Å². The lowest BCUT2D eigenvalue weighted by molar-refractivity contribution is -0.224. The summed E-state index contributed by atoms with van der Waals surface area (Å²) in [6, 6.07) is 13.9. The van der Waals surface area contributed by atoms with Crippen molar-refractivity contribution in [1.29, 1.82) is 0 Å². The van der Waals surface area contributed by atoms with E-state index in [9.17, 15) is 13.2 Å². The fourth-order valence-corrected chi connectivity index (χ4v) is 7.11. The molecule has 6 heteroatoms. The Labute approximate surface area is 246 Å². The molecule has 0 radical (unpaired) electrons. The summed E-state index contributed by atoms with van der Waals surface area (Å²) in [7, 11) is 0. The van der Waals surface area contributed by atoms with Crippen LogP contribution in [0.15, 0.2) is 60.7 Å². The number of benzene rings is 3. The minimum atomic E-state index is -3.25. The number of unbranched alkanes of at least 4 members (excludes halogenated alkanes) is 2. The van der Waals surface area contributed by atoms with Gasteiger partial charge in [0.2, 0.25) is 0 Å². The Morgan fingerprint density at radius 3 is 1.86 bits per heavy atom. The van der Waals surface area contributed by atoms with E-state index in [1.54, 1.807) is 18.2 Å². The molecule has 0 heterocycles. The summed E-state index contributed by atoms with van der Waals surface area (Å²) in [5.41, 5.74) is 1.53. The summed E-state index contributed by atoms with van der Waals surface area (Å²) >= 11 is 0. The number of hydrogen-bond donors (Lipinski definition) is 0. The molecule has 2 aliphatic rings. The molecule has 0 amide bonds. The van der Waals surface area contributed by atoms with Crippen molar-refractivity contribution in [1.82, 2.24) is 0 Å². The third-order valence-corrected chi connectivity index (χ3v) is 9.66. The summed E-state index contributed by atoms with van der Waals surface area (Å²) < 4.78 is 77.3. The quantitative estimate of drug-likeness (QED) is 0.170. The van der Waals surface area contributed by atoms with Gasteiger partial charge in [-0.05, 0) is 103 Å². The summed E-state index contributed by atoms with van der Waals surface area (Å²) in [5, 5.41) is 0. The summed E-state index contributed by atoms with van der Waals surface area (Å²) in [5.74, 6) is -1.26. The Morgan fingerprint density at radius 1 is 0.643 bits per heavy atom. The first-order chi connectivity index (χ1) is 20.2. The molecule has 1 nitrogen and oxygen atoms in total. The van der Waals surface area contributed by atoms with Crippen molar-refractivity contribution in [3.05, 3.63) is 78.1 Å². The smallest absolute Gasteiger partial charge is 0.400 e. The number of halogens is 5. The van der Waals surface area contributed by atoms with E-state index < -0.39 is 29.5 Å². The van der Waals surface area contributed by atoms with E-state index in [2.05, 4.69) is 6.92 Å². The van der Waals surface area contributed by atoms with Gasteiger partial charge in [-0.1, -0.05) is 75.8 Å². The second-order valence-electron chi connectivity index (χ2n) is 12.4. The SMILES string of the molecule is CCCCCC1CCC(C2CCC(C(F)(F)Oc3ccc(-c4ccc(-c5ccc(F)c(F)c5)c(F)c4)cc3)CC2)CC1. The van der Waals surface area contributed by atoms with Crippen LogP contribution in [0.1, 0.15) is 84.0 Å². The van der Waals surface area contributed by atoms with Crippen molar-refractivity contribution in [2.24, 2.45) is 23.7 Å². The van der Waals surface area contributed by atoms with Crippen LogP contribution in [-0.2, 0) is 0 Å². The molecule has 226 valence electrons. The zero-order valence-electron chi connectivity index (χ0n) is 24.4. The van der Waals surface area contributed by atoms with Crippen molar-refractivity contribution < 1.29 is 26.7 Å². The van der Waals surface area contributed by atoms with Gasteiger partial charge in [-0.25, -0.2) is 13.2 Å². The van der Waals surface area contributed by atoms with E-state index in [4.69, 9.17) is 4.74 Å². The van der Waals surface area contributed by atoms with Gasteiger partial charge in [0.25, 0.3) is 0 Å². The van der Waals surface area contributed by atoms with E-state index in [1.807, 2.05) is 0 Å². The molecule has 0 saturated heterocycles. The van der Waals surface area contributed by atoms with Gasteiger partial charge in [-0.15, -0.1) is 0 Å². The second-order valence-corrected chi connectivity index (χ2v) is 12.4. The first-order valence-corrected chi connectivity index (χ1v) is 15.7. The average molecular weight is 585 g/mol. The molecule has 2 aliphatic carbocycles. The molecule has 0 aliphatic heterocycles. The third-order valence-electron chi connectivity index (χ3n) is 9.66. The van der Waals surface area contributed by atoms with Crippen LogP contribution in [-0.4, -0.2) is 6.11 Å². The molecular formula is C36H41F5O. The number of alkyl halides is 2. The average Bonchev–Trinajstić information content (AvgIpc) is 2.99. The Kier molecular flexibility index (Phi) is 9.90. The topological polar surface area (TPSA) is 9.23 Å². The molecular weight excluding hydrogens is 543 g/mol. The molecule has 0 atom stereocenters. The molecule has 2 fully saturated rings. The first-order valence-electron chi connectivity index (χ1n) is 15.7. The Hall–Kier alpha value is -2.89. The maximum absolute atomic E-state index is 15.2. The van der Waals surface area contributed by atoms with Crippen molar-refractivity contribution in [3.63, 3.8) is 0 Å². The van der Waals surface area contributed by atoms with Crippen LogP contribution in [0.2, 0.25) is 0 Å². The molecule has 2 saturated carbocycles. The van der Waals surface area contributed by atoms with Crippen molar-refractivity contribution in [3.8, 4) is 28.0 Å². The minimum absolute atomic E-state index is 0.0751. The van der Waals surface area contributed by atoms with Crippen LogP contribution in [0.3, 0.4) is 0 Å². The highest BCUT2D eigenvalue weighted by atomic mass is 19.3. The molecule has 0 N–H and O–H groups in total. The van der Waals surface area contributed by atoms with Gasteiger partial charge in [0.15, 0.2) is 11.6 Å². The highest BCUT2D eigenvalue weighted by Gasteiger charge is 2.45. The van der Waals surface area contributed by atoms with Gasteiger partial charge in [0.1, 0.15) is 11.6 Å². The predicted molar refractivity (Wildman–Crippen MR) is 158 cm³/mol. The van der Waals surface area contributed by atoms with Crippen LogP contribution in [0.4, 0.5) is 22.0 Å². The van der Waals surface area contributed by atoms with Gasteiger partial charge in [0, 0.05) is 5.56 Å². The number of ether oxygens (including phenoxy) is 1. The monoisotopic (exact) mass is 584 g/mol. The molecule has 3 aromatic carbocycles. The first kappa shape index (κ1) is 30.6. The lowest BCUT2D eigenvalue weighted by atomic mass is 9.68. The lowest BCUT2D eigenvalue weighted by Gasteiger charge is -2.39. The summed E-state index contributed by atoms with van der Waals surface area (Å²) in [4.78, 5) is 0. The maximum atomic E-state index is 15.2. The van der Waals surface area contributed by atoms with E-state index in [1.165, 1.54) is 81.7 Å². The standard InChI is InChI=1S/C36H41F5O/c1-2-3-4-5-24-6-8-25(9-7-24)26-10-16-30(17-11-26)36(40,41)42-31-18-12-27(13-19-31)28-14-20-32(34(38)22-28)29-15-21-33(37)35(39)23-29/h12-15,18-26,30H,2-11,16-17H2,1H3. The van der Waals surface area contributed by atoms with Crippen molar-refractivity contribution in [2.45, 2.75) is 90.1 Å². The number of rotatable bonds is 10. The second kappa shape index (κ2) is 13.6.